The van der Waals surface area contributed by atoms with Crippen molar-refractivity contribution in [3.63, 3.8) is 0 Å². The molecular formula is C24H23NO4. The van der Waals surface area contributed by atoms with Gasteiger partial charge in [-0.05, 0) is 67.1 Å². The molecule has 0 atom stereocenters. The molecule has 0 amide bonds. The molecule has 5 nitrogen and oxygen atoms in total. The van der Waals surface area contributed by atoms with Gasteiger partial charge in [0, 0.05) is 5.56 Å². The lowest BCUT2D eigenvalue weighted by molar-refractivity contribution is 0.0697. The molecule has 1 aliphatic rings. The van der Waals surface area contributed by atoms with Gasteiger partial charge < -0.3 is 14.6 Å². The van der Waals surface area contributed by atoms with Crippen molar-refractivity contribution in [1.29, 1.82) is 0 Å². The van der Waals surface area contributed by atoms with Crippen molar-refractivity contribution >= 4 is 5.97 Å². The van der Waals surface area contributed by atoms with Gasteiger partial charge in [-0.25, -0.2) is 4.79 Å². The molecule has 4 rings (SSSR count). The Balaban J connectivity index is 1.43. The second kappa shape index (κ2) is 8.35. The van der Waals surface area contributed by atoms with E-state index in [1.54, 1.807) is 30.5 Å². The zero-order valence-corrected chi connectivity index (χ0v) is 16.3. The van der Waals surface area contributed by atoms with Gasteiger partial charge in [0.15, 0.2) is 0 Å². The maximum Gasteiger partial charge on any atom is 0.335 e. The highest BCUT2D eigenvalue weighted by atomic mass is 16.5. The summed E-state index contributed by atoms with van der Waals surface area (Å²) in [6, 6.07) is 16.5. The maximum atomic E-state index is 10.9. The van der Waals surface area contributed by atoms with Gasteiger partial charge in [-0.3, -0.25) is 4.98 Å². The van der Waals surface area contributed by atoms with Crippen molar-refractivity contribution < 1.29 is 19.4 Å². The smallest absolute Gasteiger partial charge is 0.335 e. The Hall–Kier alpha value is -3.34. The minimum absolute atomic E-state index is 0.266. The highest BCUT2D eigenvalue weighted by molar-refractivity contribution is 5.87. The molecule has 0 unspecified atom stereocenters. The largest absolute Gasteiger partial charge is 0.492 e. The van der Waals surface area contributed by atoms with Crippen LogP contribution >= 0.6 is 0 Å². The second-order valence-electron chi connectivity index (χ2n) is 7.41. The summed E-state index contributed by atoms with van der Waals surface area (Å²) in [5.74, 6) is 1.33. The second-order valence-corrected chi connectivity index (χ2v) is 7.41. The molecule has 2 aromatic carbocycles. The van der Waals surface area contributed by atoms with Crippen LogP contribution < -0.4 is 9.47 Å². The molecule has 1 aromatic heterocycles. The van der Waals surface area contributed by atoms with Crippen molar-refractivity contribution in [2.75, 3.05) is 6.61 Å². The molecule has 0 radical (unpaired) electrons. The lowest BCUT2D eigenvalue weighted by Gasteiger charge is -2.11. The summed E-state index contributed by atoms with van der Waals surface area (Å²) >= 11 is 0. The number of ether oxygens (including phenoxy) is 2. The van der Waals surface area contributed by atoms with E-state index in [0.717, 1.165) is 40.5 Å². The van der Waals surface area contributed by atoms with E-state index in [1.807, 2.05) is 37.3 Å². The van der Waals surface area contributed by atoms with Crippen LogP contribution in [0.3, 0.4) is 0 Å². The van der Waals surface area contributed by atoms with E-state index in [2.05, 4.69) is 4.98 Å². The van der Waals surface area contributed by atoms with Crippen LogP contribution in [0.2, 0.25) is 0 Å². The minimum atomic E-state index is -0.933. The topological polar surface area (TPSA) is 68.7 Å². The lowest BCUT2D eigenvalue weighted by Crippen LogP contribution is -2.00. The van der Waals surface area contributed by atoms with Crippen LogP contribution in [0.15, 0.2) is 60.8 Å². The molecule has 1 aliphatic carbocycles. The van der Waals surface area contributed by atoms with E-state index in [-0.39, 0.29) is 5.56 Å². The highest BCUT2D eigenvalue weighted by Crippen LogP contribution is 2.31. The molecule has 1 N–H and O–H groups in total. The molecule has 148 valence electrons. The fourth-order valence-corrected chi connectivity index (χ4v) is 3.07. The van der Waals surface area contributed by atoms with Gasteiger partial charge in [0.2, 0.25) is 0 Å². The first kappa shape index (κ1) is 19.0. The fraction of sp³-hybridized carbons (Fsp3) is 0.250. The number of carboxylic acid groups (broad SMARTS) is 1. The predicted molar refractivity (Wildman–Crippen MR) is 110 cm³/mol. The SMILES string of the molecule is Cc1cc(OCC2CC2)cnc1-c1cccc(OCc2ccc(C(=O)O)cc2)c1. The Morgan fingerprint density at radius 2 is 1.86 bits per heavy atom. The van der Waals surface area contributed by atoms with E-state index >= 15 is 0 Å². The molecule has 1 fully saturated rings. The van der Waals surface area contributed by atoms with Crippen molar-refractivity contribution in [2.45, 2.75) is 26.4 Å². The lowest BCUT2D eigenvalue weighted by atomic mass is 10.1. The molecule has 0 saturated heterocycles. The number of nitrogens with zero attached hydrogens (tertiary/aromatic N) is 1. The van der Waals surface area contributed by atoms with E-state index < -0.39 is 5.97 Å². The van der Waals surface area contributed by atoms with Gasteiger partial charge in [-0.1, -0.05) is 24.3 Å². The standard InChI is InChI=1S/C24H23NO4/c1-16-11-22(29-15-17-5-6-17)13-25-23(16)20-3-2-4-21(12-20)28-14-18-7-9-19(10-8-18)24(26)27/h2-4,7-13,17H,5-6,14-15H2,1H3,(H,26,27). The summed E-state index contributed by atoms with van der Waals surface area (Å²) < 4.78 is 11.7. The Labute approximate surface area is 169 Å². The molecule has 0 bridgehead atoms. The van der Waals surface area contributed by atoms with E-state index in [9.17, 15) is 4.79 Å². The number of carbonyl (C=O) groups is 1. The summed E-state index contributed by atoms with van der Waals surface area (Å²) in [5, 5.41) is 8.97. The van der Waals surface area contributed by atoms with Gasteiger partial charge in [-0.15, -0.1) is 0 Å². The van der Waals surface area contributed by atoms with Gasteiger partial charge in [0.25, 0.3) is 0 Å². The Kier molecular flexibility index (Phi) is 5.47. The number of aromatic nitrogens is 1. The first-order valence-electron chi connectivity index (χ1n) is 9.73. The number of hydrogen-bond acceptors (Lipinski definition) is 4. The molecule has 1 saturated carbocycles. The summed E-state index contributed by atoms with van der Waals surface area (Å²) in [6.07, 6.45) is 4.31. The first-order chi connectivity index (χ1) is 14.1. The van der Waals surface area contributed by atoms with Crippen LogP contribution in [0.4, 0.5) is 0 Å². The maximum absolute atomic E-state index is 10.9. The van der Waals surface area contributed by atoms with E-state index in [1.165, 1.54) is 12.8 Å². The fourth-order valence-electron chi connectivity index (χ4n) is 3.07. The summed E-state index contributed by atoms with van der Waals surface area (Å²) in [5.41, 5.74) is 4.11. The summed E-state index contributed by atoms with van der Waals surface area (Å²) in [4.78, 5) is 15.5. The number of carboxylic acids is 1. The molecule has 3 aromatic rings. The third-order valence-corrected chi connectivity index (χ3v) is 4.95. The number of aromatic carboxylic acids is 1. The Morgan fingerprint density at radius 3 is 2.55 bits per heavy atom. The Bertz CT molecular complexity index is 1010. The number of hydrogen-bond donors (Lipinski definition) is 1. The number of benzene rings is 2. The summed E-state index contributed by atoms with van der Waals surface area (Å²) in [7, 11) is 0. The van der Waals surface area contributed by atoms with Crippen molar-refractivity contribution in [3.05, 3.63) is 77.5 Å². The molecular weight excluding hydrogens is 366 g/mol. The zero-order valence-electron chi connectivity index (χ0n) is 16.3. The van der Waals surface area contributed by atoms with Crippen LogP contribution in [0.1, 0.15) is 34.3 Å². The summed E-state index contributed by atoms with van der Waals surface area (Å²) in [6.45, 7) is 3.17. The molecule has 5 heteroatoms. The van der Waals surface area contributed by atoms with Gasteiger partial charge in [-0.2, -0.15) is 0 Å². The molecule has 0 aliphatic heterocycles. The number of aryl methyl sites for hydroxylation is 1. The monoisotopic (exact) mass is 389 g/mol. The quantitative estimate of drug-likeness (QED) is 0.579. The van der Waals surface area contributed by atoms with Gasteiger partial charge >= 0.3 is 5.97 Å². The van der Waals surface area contributed by atoms with Crippen molar-refractivity contribution in [2.24, 2.45) is 5.92 Å². The van der Waals surface area contributed by atoms with Crippen LogP contribution in [0.5, 0.6) is 11.5 Å². The van der Waals surface area contributed by atoms with Crippen LogP contribution in [0.25, 0.3) is 11.3 Å². The average molecular weight is 389 g/mol. The normalized spacial score (nSPS) is 13.1. The Morgan fingerprint density at radius 1 is 1.07 bits per heavy atom. The predicted octanol–water partition coefficient (Wildman–Crippen LogP) is 5.12. The van der Waals surface area contributed by atoms with Gasteiger partial charge in [0.1, 0.15) is 18.1 Å². The third kappa shape index (κ3) is 4.93. The molecule has 0 spiro atoms. The molecule has 1 heterocycles. The first-order valence-corrected chi connectivity index (χ1v) is 9.73. The average Bonchev–Trinajstić information content (AvgIpc) is 3.56. The van der Waals surface area contributed by atoms with Crippen LogP contribution in [-0.2, 0) is 6.61 Å². The molecule has 29 heavy (non-hydrogen) atoms. The van der Waals surface area contributed by atoms with Crippen molar-refractivity contribution in [1.82, 2.24) is 4.98 Å². The number of pyridine rings is 1. The minimum Gasteiger partial charge on any atom is -0.492 e. The zero-order chi connectivity index (χ0) is 20.2. The number of rotatable bonds is 8. The highest BCUT2D eigenvalue weighted by Gasteiger charge is 2.22. The van der Waals surface area contributed by atoms with Crippen LogP contribution in [-0.4, -0.2) is 22.7 Å². The van der Waals surface area contributed by atoms with Crippen molar-refractivity contribution in [3.8, 4) is 22.8 Å². The van der Waals surface area contributed by atoms with E-state index in [4.69, 9.17) is 14.6 Å². The van der Waals surface area contributed by atoms with E-state index in [0.29, 0.717) is 12.5 Å². The third-order valence-electron chi connectivity index (χ3n) is 4.95. The van der Waals surface area contributed by atoms with Crippen LogP contribution in [0, 0.1) is 12.8 Å². The van der Waals surface area contributed by atoms with Gasteiger partial charge in [0.05, 0.1) is 24.1 Å².